The van der Waals surface area contributed by atoms with Crippen LogP contribution in [0.25, 0.3) is 0 Å². The maximum atomic E-state index is 11.4. The van der Waals surface area contributed by atoms with Gasteiger partial charge in [-0.2, -0.15) is 0 Å². The van der Waals surface area contributed by atoms with Crippen LogP contribution in [0.15, 0.2) is 0 Å². The number of carbonyl (C=O) groups excluding carboxylic acids is 1. The lowest BCUT2D eigenvalue weighted by Crippen LogP contribution is -2.48. The quantitative estimate of drug-likeness (QED) is 0.677. The molecule has 98 valence electrons. The topological polar surface area (TPSA) is 92.4 Å². The van der Waals surface area contributed by atoms with Gasteiger partial charge in [-0.1, -0.05) is 6.92 Å². The number of nitrogens with two attached hydrogens (primary N) is 1. The van der Waals surface area contributed by atoms with Gasteiger partial charge in [-0.25, -0.2) is 0 Å². The van der Waals surface area contributed by atoms with Crippen LogP contribution in [0.4, 0.5) is 0 Å². The zero-order chi connectivity index (χ0) is 13.1. The normalized spacial score (nSPS) is 30.6. The van der Waals surface area contributed by atoms with Crippen molar-refractivity contribution in [1.29, 1.82) is 0 Å². The molecule has 0 heterocycles. The van der Waals surface area contributed by atoms with E-state index in [0.717, 1.165) is 12.8 Å². The summed E-state index contributed by atoms with van der Waals surface area (Å²) in [5, 5.41) is 12.0. The van der Waals surface area contributed by atoms with Crippen molar-refractivity contribution in [3.63, 3.8) is 0 Å². The van der Waals surface area contributed by atoms with Crippen LogP contribution in [-0.2, 0) is 9.59 Å². The standard InChI is InChI=1S/C12H22N2O3/c1-8-3-5-12(6-4-8,11(16)17)7-14-10(15)9(2)13/h8-9H,3-7,13H2,1-2H3,(H,14,15)(H,16,17). The van der Waals surface area contributed by atoms with Gasteiger partial charge < -0.3 is 16.2 Å². The Morgan fingerprint density at radius 1 is 1.47 bits per heavy atom. The van der Waals surface area contributed by atoms with Gasteiger partial charge in [-0.15, -0.1) is 0 Å². The van der Waals surface area contributed by atoms with Crippen LogP contribution in [0.3, 0.4) is 0 Å². The smallest absolute Gasteiger partial charge is 0.311 e. The first-order chi connectivity index (χ1) is 7.87. The minimum Gasteiger partial charge on any atom is -0.481 e. The van der Waals surface area contributed by atoms with Gasteiger partial charge in [0.1, 0.15) is 0 Å². The first kappa shape index (κ1) is 14.0. The number of amides is 1. The number of carbonyl (C=O) groups is 2. The van der Waals surface area contributed by atoms with Crippen molar-refractivity contribution in [3.8, 4) is 0 Å². The van der Waals surface area contributed by atoms with Crippen molar-refractivity contribution in [3.05, 3.63) is 0 Å². The molecule has 0 saturated heterocycles. The monoisotopic (exact) mass is 242 g/mol. The fourth-order valence-corrected chi connectivity index (χ4v) is 2.20. The molecule has 0 aromatic heterocycles. The largest absolute Gasteiger partial charge is 0.481 e. The molecule has 1 atom stereocenters. The third-order valence-electron chi connectivity index (χ3n) is 3.70. The zero-order valence-electron chi connectivity index (χ0n) is 10.5. The van der Waals surface area contributed by atoms with Crippen LogP contribution < -0.4 is 11.1 Å². The van der Waals surface area contributed by atoms with Gasteiger partial charge in [-0.3, -0.25) is 9.59 Å². The molecule has 0 aliphatic heterocycles. The van der Waals surface area contributed by atoms with Crippen LogP contribution >= 0.6 is 0 Å². The van der Waals surface area contributed by atoms with Crippen molar-refractivity contribution < 1.29 is 14.7 Å². The number of nitrogens with one attached hydrogen (secondary N) is 1. The fourth-order valence-electron chi connectivity index (χ4n) is 2.20. The summed E-state index contributed by atoms with van der Waals surface area (Å²) in [4.78, 5) is 22.8. The van der Waals surface area contributed by atoms with Crippen molar-refractivity contribution in [1.82, 2.24) is 5.32 Å². The third kappa shape index (κ3) is 3.43. The molecule has 1 aliphatic rings. The molecule has 5 heteroatoms. The molecule has 1 unspecified atom stereocenters. The summed E-state index contributed by atoms with van der Waals surface area (Å²) in [7, 11) is 0. The Hall–Kier alpha value is -1.10. The molecule has 1 amide bonds. The van der Waals surface area contributed by atoms with E-state index in [1.807, 2.05) is 0 Å². The predicted molar refractivity (Wildman–Crippen MR) is 64.4 cm³/mol. The van der Waals surface area contributed by atoms with Gasteiger partial charge in [0, 0.05) is 6.54 Å². The number of hydrogen-bond donors (Lipinski definition) is 3. The van der Waals surface area contributed by atoms with Crippen molar-refractivity contribution in [2.75, 3.05) is 6.54 Å². The van der Waals surface area contributed by atoms with E-state index in [-0.39, 0.29) is 12.5 Å². The highest BCUT2D eigenvalue weighted by Gasteiger charge is 2.41. The van der Waals surface area contributed by atoms with Gasteiger partial charge in [0.2, 0.25) is 5.91 Å². The zero-order valence-corrected chi connectivity index (χ0v) is 10.5. The molecule has 1 saturated carbocycles. The Labute approximate surface area is 102 Å². The lowest BCUT2D eigenvalue weighted by atomic mass is 9.71. The number of aliphatic carboxylic acids is 1. The van der Waals surface area contributed by atoms with Gasteiger partial charge in [0.05, 0.1) is 11.5 Å². The first-order valence-electron chi connectivity index (χ1n) is 6.14. The average Bonchev–Trinajstić information content (AvgIpc) is 2.27. The van der Waals surface area contributed by atoms with E-state index in [2.05, 4.69) is 12.2 Å². The summed E-state index contributed by atoms with van der Waals surface area (Å²) >= 11 is 0. The van der Waals surface area contributed by atoms with E-state index in [0.29, 0.717) is 18.8 Å². The highest BCUT2D eigenvalue weighted by Crippen LogP contribution is 2.38. The molecule has 0 bridgehead atoms. The SMILES string of the molecule is CC1CCC(CNC(=O)C(C)N)(C(=O)O)CC1. The van der Waals surface area contributed by atoms with E-state index >= 15 is 0 Å². The van der Waals surface area contributed by atoms with Gasteiger partial charge in [-0.05, 0) is 38.5 Å². The Balaban J connectivity index is 2.61. The van der Waals surface area contributed by atoms with E-state index < -0.39 is 17.4 Å². The van der Waals surface area contributed by atoms with Crippen molar-refractivity contribution >= 4 is 11.9 Å². The Morgan fingerprint density at radius 2 is 2.00 bits per heavy atom. The predicted octanol–water partition coefficient (Wildman–Crippen LogP) is 0.731. The molecule has 0 aromatic carbocycles. The maximum absolute atomic E-state index is 11.4. The average molecular weight is 242 g/mol. The molecule has 1 aliphatic carbocycles. The molecule has 17 heavy (non-hydrogen) atoms. The summed E-state index contributed by atoms with van der Waals surface area (Å²) in [6.07, 6.45) is 3.06. The van der Waals surface area contributed by atoms with Gasteiger partial charge in [0.25, 0.3) is 0 Å². The number of carboxylic acid groups (broad SMARTS) is 1. The molecular formula is C12H22N2O3. The summed E-state index contributed by atoms with van der Waals surface area (Å²) in [6, 6.07) is -0.594. The lowest BCUT2D eigenvalue weighted by molar-refractivity contribution is -0.151. The van der Waals surface area contributed by atoms with Gasteiger partial charge >= 0.3 is 5.97 Å². The second-order valence-electron chi connectivity index (χ2n) is 5.27. The van der Waals surface area contributed by atoms with E-state index in [1.165, 1.54) is 0 Å². The van der Waals surface area contributed by atoms with E-state index in [1.54, 1.807) is 6.92 Å². The minimum absolute atomic E-state index is 0.190. The molecule has 1 fully saturated rings. The molecule has 0 aromatic rings. The summed E-state index contributed by atoms with van der Waals surface area (Å²) in [5.74, 6) is -0.523. The van der Waals surface area contributed by atoms with Gasteiger partial charge in [0.15, 0.2) is 0 Å². The highest BCUT2D eigenvalue weighted by molar-refractivity contribution is 5.82. The van der Waals surface area contributed by atoms with Crippen molar-refractivity contribution in [2.24, 2.45) is 17.1 Å². The van der Waals surface area contributed by atoms with Crippen molar-refractivity contribution in [2.45, 2.75) is 45.6 Å². The fraction of sp³-hybridized carbons (Fsp3) is 0.833. The molecule has 1 rings (SSSR count). The van der Waals surface area contributed by atoms with Crippen LogP contribution in [-0.4, -0.2) is 29.6 Å². The van der Waals surface area contributed by atoms with E-state index in [9.17, 15) is 14.7 Å². The number of hydrogen-bond acceptors (Lipinski definition) is 3. The number of rotatable bonds is 4. The maximum Gasteiger partial charge on any atom is 0.311 e. The Morgan fingerprint density at radius 3 is 2.41 bits per heavy atom. The molecule has 5 nitrogen and oxygen atoms in total. The van der Waals surface area contributed by atoms with E-state index in [4.69, 9.17) is 5.73 Å². The Bertz CT molecular complexity index is 294. The second kappa shape index (κ2) is 5.49. The van der Waals surface area contributed by atoms with Crippen LogP contribution in [0, 0.1) is 11.3 Å². The third-order valence-corrected chi connectivity index (χ3v) is 3.70. The number of carboxylic acids is 1. The summed E-state index contributed by atoms with van der Waals surface area (Å²) in [6.45, 7) is 3.91. The van der Waals surface area contributed by atoms with Crippen LogP contribution in [0.2, 0.25) is 0 Å². The lowest BCUT2D eigenvalue weighted by Gasteiger charge is -2.36. The second-order valence-corrected chi connectivity index (χ2v) is 5.27. The molecule has 0 radical (unpaired) electrons. The van der Waals surface area contributed by atoms with Crippen LogP contribution in [0.5, 0.6) is 0 Å². The first-order valence-corrected chi connectivity index (χ1v) is 6.14. The summed E-state index contributed by atoms with van der Waals surface area (Å²) in [5.41, 5.74) is 4.64. The Kier molecular flexibility index (Phi) is 4.51. The highest BCUT2D eigenvalue weighted by atomic mass is 16.4. The molecule has 0 spiro atoms. The minimum atomic E-state index is -0.811. The van der Waals surface area contributed by atoms with Crippen LogP contribution in [0.1, 0.15) is 39.5 Å². The molecular weight excluding hydrogens is 220 g/mol. The molecule has 4 N–H and O–H groups in total. The summed E-state index contributed by atoms with van der Waals surface area (Å²) < 4.78 is 0.